The lowest BCUT2D eigenvalue weighted by Gasteiger charge is -2.12. The van der Waals surface area contributed by atoms with Crippen molar-refractivity contribution in [3.8, 4) is 11.5 Å². The molecule has 2 aromatic carbocycles. The molecule has 0 heterocycles. The van der Waals surface area contributed by atoms with Crippen LogP contribution in [0.15, 0.2) is 36.4 Å². The molecule has 33 heavy (non-hydrogen) atoms. The zero-order valence-electron chi connectivity index (χ0n) is 19.2. The second kappa shape index (κ2) is 12.2. The maximum absolute atomic E-state index is 12.2. The fraction of sp³-hybridized carbons (Fsp3) is 0.333. The van der Waals surface area contributed by atoms with Crippen LogP contribution in [-0.4, -0.2) is 36.6 Å². The number of hydrogen-bond donors (Lipinski definition) is 1. The van der Waals surface area contributed by atoms with Gasteiger partial charge in [-0.25, -0.2) is 4.79 Å². The maximum atomic E-state index is 12.2. The first-order chi connectivity index (χ1) is 15.8. The fourth-order valence-corrected chi connectivity index (χ4v) is 2.86. The molecule has 0 atom stereocenters. The van der Waals surface area contributed by atoms with Gasteiger partial charge in [0.15, 0.2) is 18.1 Å². The van der Waals surface area contributed by atoms with Crippen molar-refractivity contribution in [3.63, 3.8) is 0 Å². The second-order valence-corrected chi connectivity index (χ2v) is 7.14. The summed E-state index contributed by atoms with van der Waals surface area (Å²) in [5.74, 6) is -0.221. The highest BCUT2D eigenvalue weighted by atomic mass is 16.6. The molecule has 1 amide bonds. The number of esters is 1. The number of anilines is 1. The van der Waals surface area contributed by atoms with E-state index in [2.05, 4.69) is 5.32 Å². The van der Waals surface area contributed by atoms with Crippen molar-refractivity contribution in [2.24, 2.45) is 0 Å². The van der Waals surface area contributed by atoms with Gasteiger partial charge in [-0.05, 0) is 62.1 Å². The van der Waals surface area contributed by atoms with Crippen LogP contribution in [0.3, 0.4) is 0 Å². The lowest BCUT2D eigenvalue weighted by molar-refractivity contribution is -0.384. The van der Waals surface area contributed by atoms with Crippen molar-refractivity contribution in [1.82, 2.24) is 0 Å². The number of rotatable bonds is 11. The molecule has 9 nitrogen and oxygen atoms in total. The van der Waals surface area contributed by atoms with E-state index in [-0.39, 0.29) is 11.4 Å². The number of ether oxygens (including phenoxy) is 3. The van der Waals surface area contributed by atoms with Crippen LogP contribution >= 0.6 is 0 Å². The van der Waals surface area contributed by atoms with E-state index < -0.39 is 23.4 Å². The van der Waals surface area contributed by atoms with E-state index in [1.165, 1.54) is 18.2 Å². The van der Waals surface area contributed by atoms with Gasteiger partial charge < -0.3 is 19.5 Å². The predicted molar refractivity (Wildman–Crippen MR) is 125 cm³/mol. The minimum Gasteiger partial charge on any atom is -0.490 e. The third kappa shape index (κ3) is 7.34. The minimum absolute atomic E-state index is 0.0884. The molecule has 0 aliphatic carbocycles. The fourth-order valence-electron chi connectivity index (χ4n) is 2.86. The van der Waals surface area contributed by atoms with Crippen LogP contribution in [0.5, 0.6) is 11.5 Å². The maximum Gasteiger partial charge on any atom is 0.331 e. The van der Waals surface area contributed by atoms with Gasteiger partial charge in [-0.3, -0.25) is 14.9 Å². The Morgan fingerprint density at radius 2 is 1.85 bits per heavy atom. The lowest BCUT2D eigenvalue weighted by atomic mass is 10.1. The molecule has 0 saturated carbocycles. The molecule has 2 rings (SSSR count). The molecule has 0 spiro atoms. The first kappa shape index (κ1) is 25.4. The summed E-state index contributed by atoms with van der Waals surface area (Å²) in [6.07, 6.45) is 3.58. The Kier molecular flexibility index (Phi) is 9.41. The number of amides is 1. The number of carbonyl (C=O) groups excluding carboxylic acids is 2. The quantitative estimate of drug-likeness (QED) is 0.227. The van der Waals surface area contributed by atoms with Gasteiger partial charge in [-0.2, -0.15) is 0 Å². The average Bonchev–Trinajstić information content (AvgIpc) is 2.78. The number of nitrogens with zero attached hydrogens (tertiary/aromatic N) is 1. The van der Waals surface area contributed by atoms with Crippen LogP contribution in [0.4, 0.5) is 11.4 Å². The predicted octanol–water partition coefficient (Wildman–Crippen LogP) is 4.59. The summed E-state index contributed by atoms with van der Waals surface area (Å²) < 4.78 is 16.2. The molecule has 0 bridgehead atoms. The minimum atomic E-state index is -0.732. The third-order valence-electron chi connectivity index (χ3n) is 4.66. The van der Waals surface area contributed by atoms with E-state index in [1.54, 1.807) is 38.1 Å². The SMILES string of the molecule is CCCOc1ccc(/C=C/C(=O)OCC(=O)Nc2c([N+](=O)[O-])ccc(C)c2C)cc1OCC. The van der Waals surface area contributed by atoms with E-state index in [1.807, 2.05) is 13.8 Å². The van der Waals surface area contributed by atoms with Crippen LogP contribution in [0.25, 0.3) is 6.08 Å². The Balaban J connectivity index is 1.99. The van der Waals surface area contributed by atoms with Gasteiger partial charge in [0.2, 0.25) is 0 Å². The molecule has 0 aliphatic heterocycles. The summed E-state index contributed by atoms with van der Waals surface area (Å²) >= 11 is 0. The third-order valence-corrected chi connectivity index (χ3v) is 4.66. The van der Waals surface area contributed by atoms with Crippen LogP contribution in [0.2, 0.25) is 0 Å². The van der Waals surface area contributed by atoms with Gasteiger partial charge >= 0.3 is 5.97 Å². The number of nitro benzene ring substituents is 1. The average molecular weight is 456 g/mol. The van der Waals surface area contributed by atoms with E-state index >= 15 is 0 Å². The summed E-state index contributed by atoms with van der Waals surface area (Å²) in [5, 5.41) is 13.7. The first-order valence-corrected chi connectivity index (χ1v) is 10.6. The van der Waals surface area contributed by atoms with Gasteiger partial charge in [-0.15, -0.1) is 0 Å². The Morgan fingerprint density at radius 3 is 2.52 bits per heavy atom. The second-order valence-electron chi connectivity index (χ2n) is 7.14. The lowest BCUT2D eigenvalue weighted by Crippen LogP contribution is -2.21. The van der Waals surface area contributed by atoms with Crippen molar-refractivity contribution < 1.29 is 28.7 Å². The Labute approximate surface area is 192 Å². The molecule has 0 aliphatic rings. The molecule has 2 aromatic rings. The molecular weight excluding hydrogens is 428 g/mol. The number of nitrogens with one attached hydrogen (secondary N) is 1. The topological polar surface area (TPSA) is 117 Å². The molecule has 0 saturated heterocycles. The van der Waals surface area contributed by atoms with Crippen LogP contribution < -0.4 is 14.8 Å². The van der Waals surface area contributed by atoms with Crippen molar-refractivity contribution in [1.29, 1.82) is 0 Å². The molecule has 0 radical (unpaired) electrons. The van der Waals surface area contributed by atoms with Gasteiger partial charge in [0.25, 0.3) is 11.6 Å². The van der Waals surface area contributed by atoms with Crippen molar-refractivity contribution in [3.05, 3.63) is 63.2 Å². The summed E-state index contributed by atoms with van der Waals surface area (Å²) in [5.41, 5.74) is 1.91. The van der Waals surface area contributed by atoms with Crippen molar-refractivity contribution >= 4 is 29.3 Å². The molecule has 0 aromatic heterocycles. The highest BCUT2D eigenvalue weighted by molar-refractivity contribution is 5.97. The summed E-state index contributed by atoms with van der Waals surface area (Å²) in [6.45, 7) is 7.76. The number of benzene rings is 2. The highest BCUT2D eigenvalue weighted by Crippen LogP contribution is 2.30. The summed E-state index contributed by atoms with van der Waals surface area (Å²) in [6, 6.07) is 8.19. The smallest absolute Gasteiger partial charge is 0.331 e. The molecule has 0 fully saturated rings. The zero-order valence-corrected chi connectivity index (χ0v) is 19.2. The number of aryl methyl sites for hydroxylation is 1. The normalized spacial score (nSPS) is 10.7. The summed E-state index contributed by atoms with van der Waals surface area (Å²) in [4.78, 5) is 34.9. The van der Waals surface area contributed by atoms with E-state index in [0.29, 0.717) is 35.8 Å². The molecule has 1 N–H and O–H groups in total. The van der Waals surface area contributed by atoms with Gasteiger partial charge in [0.1, 0.15) is 5.69 Å². The van der Waals surface area contributed by atoms with E-state index in [4.69, 9.17) is 14.2 Å². The van der Waals surface area contributed by atoms with Gasteiger partial charge in [-0.1, -0.05) is 19.1 Å². The van der Waals surface area contributed by atoms with Gasteiger partial charge in [0, 0.05) is 12.1 Å². The van der Waals surface area contributed by atoms with Crippen LogP contribution in [0.1, 0.15) is 37.0 Å². The van der Waals surface area contributed by atoms with E-state index in [0.717, 1.165) is 12.0 Å². The van der Waals surface area contributed by atoms with Crippen LogP contribution in [0, 0.1) is 24.0 Å². The molecular formula is C24H28N2O7. The number of nitro groups is 1. The largest absolute Gasteiger partial charge is 0.490 e. The molecule has 0 unspecified atom stereocenters. The first-order valence-electron chi connectivity index (χ1n) is 10.6. The van der Waals surface area contributed by atoms with Crippen molar-refractivity contribution in [2.75, 3.05) is 25.1 Å². The Hall–Kier alpha value is -3.88. The van der Waals surface area contributed by atoms with E-state index in [9.17, 15) is 19.7 Å². The summed E-state index contributed by atoms with van der Waals surface area (Å²) in [7, 11) is 0. The zero-order chi connectivity index (χ0) is 24.4. The standard InChI is InChI=1S/C24H28N2O7/c1-5-13-32-20-11-8-18(14-21(20)31-6-2)9-12-23(28)33-15-22(27)25-24-17(4)16(3)7-10-19(24)26(29)30/h7-12,14H,5-6,13,15H2,1-4H3,(H,25,27)/b12-9+. The molecule has 9 heteroatoms. The highest BCUT2D eigenvalue weighted by Gasteiger charge is 2.19. The van der Waals surface area contributed by atoms with Crippen molar-refractivity contribution in [2.45, 2.75) is 34.1 Å². The van der Waals surface area contributed by atoms with Crippen LogP contribution in [-0.2, 0) is 14.3 Å². The Morgan fingerprint density at radius 1 is 1.09 bits per heavy atom. The molecule has 176 valence electrons. The number of hydrogen-bond acceptors (Lipinski definition) is 7. The Bertz CT molecular complexity index is 1050. The van der Waals surface area contributed by atoms with Gasteiger partial charge in [0.05, 0.1) is 18.1 Å². The monoisotopic (exact) mass is 456 g/mol. The number of carbonyl (C=O) groups is 2.